The van der Waals surface area contributed by atoms with Crippen LogP contribution in [0, 0.1) is 0 Å². The minimum Gasteiger partial charge on any atom is -0.354 e. The van der Waals surface area contributed by atoms with Gasteiger partial charge in [0.2, 0.25) is 0 Å². The smallest absolute Gasteiger partial charge is 0.133 e. The van der Waals surface area contributed by atoms with E-state index in [0.717, 1.165) is 35.1 Å². The molecule has 0 saturated heterocycles. The standard InChI is InChI=1S/C15H18ClN3S/c1-19(9-12-5-6-14(16)20-12)15-11(8-17)7-10-3-2-4-13(10)18-15/h5-7H,2-4,8-9,17H2,1H3. The Kier molecular flexibility index (Phi) is 3.96. The van der Waals surface area contributed by atoms with Gasteiger partial charge in [-0.05, 0) is 43.0 Å². The van der Waals surface area contributed by atoms with Gasteiger partial charge in [-0.25, -0.2) is 4.98 Å². The van der Waals surface area contributed by atoms with Crippen LogP contribution in [0.4, 0.5) is 5.82 Å². The molecular formula is C15H18ClN3S. The van der Waals surface area contributed by atoms with Gasteiger partial charge in [0.05, 0.1) is 10.9 Å². The highest BCUT2D eigenvalue weighted by molar-refractivity contribution is 7.16. The van der Waals surface area contributed by atoms with Crippen molar-refractivity contribution in [1.29, 1.82) is 0 Å². The molecule has 1 aliphatic rings. The van der Waals surface area contributed by atoms with Gasteiger partial charge in [-0.15, -0.1) is 11.3 Å². The van der Waals surface area contributed by atoms with Gasteiger partial charge in [-0.3, -0.25) is 0 Å². The van der Waals surface area contributed by atoms with Crippen LogP contribution in [0.5, 0.6) is 0 Å². The van der Waals surface area contributed by atoms with Crippen LogP contribution in [0.15, 0.2) is 18.2 Å². The molecule has 3 nitrogen and oxygen atoms in total. The van der Waals surface area contributed by atoms with Gasteiger partial charge >= 0.3 is 0 Å². The minimum atomic E-state index is 0.533. The first-order valence-corrected chi connectivity index (χ1v) is 8.04. The maximum Gasteiger partial charge on any atom is 0.133 e. The molecule has 0 amide bonds. The lowest BCUT2D eigenvalue weighted by Gasteiger charge is -2.21. The van der Waals surface area contributed by atoms with Crippen LogP contribution in [-0.4, -0.2) is 12.0 Å². The first-order chi connectivity index (χ1) is 9.67. The van der Waals surface area contributed by atoms with E-state index in [0.29, 0.717) is 6.54 Å². The minimum absolute atomic E-state index is 0.533. The normalized spacial score (nSPS) is 13.6. The molecule has 0 saturated carbocycles. The number of pyridine rings is 1. The number of aromatic nitrogens is 1. The maximum atomic E-state index is 5.99. The van der Waals surface area contributed by atoms with Crippen LogP contribution in [0.25, 0.3) is 0 Å². The molecule has 0 spiro atoms. The summed E-state index contributed by atoms with van der Waals surface area (Å²) in [7, 11) is 2.07. The van der Waals surface area contributed by atoms with Crippen LogP contribution >= 0.6 is 22.9 Å². The molecule has 5 heteroatoms. The van der Waals surface area contributed by atoms with E-state index in [4.69, 9.17) is 22.3 Å². The summed E-state index contributed by atoms with van der Waals surface area (Å²) in [4.78, 5) is 8.25. The fraction of sp³-hybridized carbons (Fsp3) is 0.400. The summed E-state index contributed by atoms with van der Waals surface area (Å²) >= 11 is 7.60. The maximum absolute atomic E-state index is 5.99. The lowest BCUT2D eigenvalue weighted by atomic mass is 10.1. The van der Waals surface area contributed by atoms with E-state index >= 15 is 0 Å². The van der Waals surface area contributed by atoms with E-state index in [1.165, 1.54) is 22.6 Å². The quantitative estimate of drug-likeness (QED) is 0.941. The summed E-state index contributed by atoms with van der Waals surface area (Å²) in [5, 5.41) is 0. The zero-order valence-corrected chi connectivity index (χ0v) is 13.1. The highest BCUT2D eigenvalue weighted by Crippen LogP contribution is 2.29. The fourth-order valence-electron chi connectivity index (χ4n) is 2.73. The summed E-state index contributed by atoms with van der Waals surface area (Å²) < 4.78 is 0.828. The van der Waals surface area contributed by atoms with E-state index in [1.54, 1.807) is 11.3 Å². The zero-order chi connectivity index (χ0) is 14.1. The molecule has 1 aliphatic carbocycles. The van der Waals surface area contributed by atoms with Crippen molar-refractivity contribution < 1.29 is 0 Å². The largest absolute Gasteiger partial charge is 0.354 e. The van der Waals surface area contributed by atoms with Crippen LogP contribution in [0.2, 0.25) is 4.34 Å². The Bertz CT molecular complexity index is 624. The average molecular weight is 308 g/mol. The summed E-state index contributed by atoms with van der Waals surface area (Å²) in [5.41, 5.74) is 9.65. The van der Waals surface area contributed by atoms with E-state index in [9.17, 15) is 0 Å². The van der Waals surface area contributed by atoms with Crippen molar-refractivity contribution in [3.8, 4) is 0 Å². The van der Waals surface area contributed by atoms with Crippen LogP contribution in [0.3, 0.4) is 0 Å². The number of rotatable bonds is 4. The van der Waals surface area contributed by atoms with Crippen molar-refractivity contribution in [3.63, 3.8) is 0 Å². The summed E-state index contributed by atoms with van der Waals surface area (Å²) in [6.07, 6.45) is 3.44. The molecule has 2 heterocycles. The van der Waals surface area contributed by atoms with Crippen LogP contribution in [-0.2, 0) is 25.9 Å². The molecule has 0 radical (unpaired) electrons. The Hall–Kier alpha value is -1.10. The van der Waals surface area contributed by atoms with Crippen LogP contribution < -0.4 is 10.6 Å². The molecule has 2 aromatic rings. The molecule has 0 fully saturated rings. The highest BCUT2D eigenvalue weighted by atomic mass is 35.5. The van der Waals surface area contributed by atoms with Crippen molar-refractivity contribution in [3.05, 3.63) is 44.2 Å². The number of anilines is 1. The second kappa shape index (κ2) is 5.72. The number of hydrogen-bond acceptors (Lipinski definition) is 4. The number of thiophene rings is 1. The van der Waals surface area contributed by atoms with E-state index < -0.39 is 0 Å². The van der Waals surface area contributed by atoms with E-state index in [1.807, 2.05) is 6.07 Å². The predicted octanol–water partition coefficient (Wildman–Crippen LogP) is 3.38. The number of aryl methyl sites for hydroxylation is 2. The molecule has 0 aromatic carbocycles. The predicted molar refractivity (Wildman–Crippen MR) is 85.6 cm³/mol. The van der Waals surface area contributed by atoms with Gasteiger partial charge in [-0.1, -0.05) is 11.6 Å². The molecular weight excluding hydrogens is 290 g/mol. The van der Waals surface area contributed by atoms with Crippen molar-refractivity contribution in [2.45, 2.75) is 32.4 Å². The molecule has 0 atom stereocenters. The molecule has 0 unspecified atom stereocenters. The first-order valence-electron chi connectivity index (χ1n) is 6.84. The third-order valence-corrected chi connectivity index (χ3v) is 4.93. The third-order valence-electron chi connectivity index (χ3n) is 3.71. The molecule has 20 heavy (non-hydrogen) atoms. The third kappa shape index (κ3) is 2.68. The van der Waals surface area contributed by atoms with Crippen molar-refractivity contribution in [2.75, 3.05) is 11.9 Å². The summed E-state index contributed by atoms with van der Waals surface area (Å²) in [5.74, 6) is 1.01. The number of halogens is 1. The lowest BCUT2D eigenvalue weighted by molar-refractivity contribution is 0.867. The topological polar surface area (TPSA) is 42.2 Å². The van der Waals surface area contributed by atoms with E-state index in [2.05, 4.69) is 24.1 Å². The van der Waals surface area contributed by atoms with Gasteiger partial charge in [0, 0.05) is 29.7 Å². The Morgan fingerprint density at radius 2 is 2.25 bits per heavy atom. The summed E-state index contributed by atoms with van der Waals surface area (Å²) in [6.45, 7) is 1.35. The van der Waals surface area contributed by atoms with Gasteiger partial charge in [0.1, 0.15) is 5.82 Å². The lowest BCUT2D eigenvalue weighted by Crippen LogP contribution is -2.20. The van der Waals surface area contributed by atoms with E-state index in [-0.39, 0.29) is 0 Å². The molecule has 0 aliphatic heterocycles. The first kappa shape index (κ1) is 13.9. The fourth-order valence-corrected chi connectivity index (χ4v) is 3.88. The Balaban J connectivity index is 1.88. The van der Waals surface area contributed by atoms with Gasteiger partial charge in [0.15, 0.2) is 0 Å². The van der Waals surface area contributed by atoms with Crippen molar-refractivity contribution >= 4 is 28.8 Å². The van der Waals surface area contributed by atoms with Gasteiger partial charge < -0.3 is 10.6 Å². The number of nitrogens with zero attached hydrogens (tertiary/aromatic N) is 2. The molecule has 2 N–H and O–H groups in total. The monoisotopic (exact) mass is 307 g/mol. The average Bonchev–Trinajstić information content (AvgIpc) is 3.05. The number of nitrogens with two attached hydrogens (primary N) is 1. The van der Waals surface area contributed by atoms with Gasteiger partial charge in [0.25, 0.3) is 0 Å². The second-order valence-corrected chi connectivity index (χ2v) is 7.00. The second-order valence-electron chi connectivity index (χ2n) is 5.20. The van der Waals surface area contributed by atoms with Gasteiger partial charge in [-0.2, -0.15) is 0 Å². The zero-order valence-electron chi connectivity index (χ0n) is 11.5. The molecule has 2 aromatic heterocycles. The van der Waals surface area contributed by atoms with Crippen molar-refractivity contribution in [1.82, 2.24) is 4.98 Å². The number of fused-ring (bicyclic) bond motifs is 1. The van der Waals surface area contributed by atoms with Crippen LogP contribution in [0.1, 0.15) is 28.1 Å². The molecule has 3 rings (SSSR count). The Morgan fingerprint density at radius 3 is 2.95 bits per heavy atom. The molecule has 106 valence electrons. The summed E-state index contributed by atoms with van der Waals surface area (Å²) in [6, 6.07) is 6.25. The Morgan fingerprint density at radius 1 is 1.40 bits per heavy atom. The number of hydrogen-bond donors (Lipinski definition) is 1. The highest BCUT2D eigenvalue weighted by Gasteiger charge is 2.18. The molecule has 0 bridgehead atoms. The Labute approximate surface area is 128 Å². The SMILES string of the molecule is CN(Cc1ccc(Cl)s1)c1nc2c(cc1CN)CCC2. The van der Waals surface area contributed by atoms with Crippen molar-refractivity contribution in [2.24, 2.45) is 5.73 Å².